The fraction of sp³-hybridized carbons (Fsp3) is 0.0556. The highest BCUT2D eigenvalue weighted by Crippen LogP contribution is 2.65. The Balaban J connectivity index is 0.972. The first-order valence-electron chi connectivity index (χ1n) is 25.8. The van der Waals surface area contributed by atoms with Gasteiger partial charge in [0.05, 0.1) is 22.2 Å². The summed E-state index contributed by atoms with van der Waals surface area (Å²) < 4.78 is 7.33. The quantitative estimate of drug-likeness (QED) is 0.165. The average molecular weight is 944 g/mol. The molecule has 12 aromatic rings. The minimum Gasteiger partial charge on any atom is -0.455 e. The summed E-state index contributed by atoms with van der Waals surface area (Å²) in [6.45, 7) is 4.33. The predicted molar refractivity (Wildman–Crippen MR) is 306 cm³/mol. The van der Waals surface area contributed by atoms with E-state index >= 15 is 0 Å². The van der Waals surface area contributed by atoms with Crippen molar-refractivity contribution in [3.05, 3.63) is 316 Å². The van der Waals surface area contributed by atoms with Crippen LogP contribution in [0.3, 0.4) is 0 Å². The van der Waals surface area contributed by atoms with E-state index in [1.807, 2.05) is 0 Å². The fourth-order valence-electron chi connectivity index (χ4n) is 13.5. The average Bonchev–Trinajstić information content (AvgIpc) is 3.93. The van der Waals surface area contributed by atoms with Crippen molar-refractivity contribution in [3.63, 3.8) is 0 Å². The minimum atomic E-state index is -0.636. The highest BCUT2D eigenvalue weighted by Gasteiger charge is 2.52. The van der Waals surface area contributed by atoms with Crippen molar-refractivity contribution in [2.75, 3.05) is 4.90 Å². The molecular weight excluding hydrogens is 895 g/mol. The van der Waals surface area contributed by atoms with Gasteiger partial charge in [-0.3, -0.25) is 0 Å². The van der Waals surface area contributed by atoms with E-state index in [4.69, 9.17) is 4.74 Å². The van der Waals surface area contributed by atoms with Gasteiger partial charge in [-0.05, 0) is 111 Å². The first-order valence-corrected chi connectivity index (χ1v) is 25.8. The second-order valence-electron chi connectivity index (χ2n) is 20.4. The summed E-state index contributed by atoms with van der Waals surface area (Å²) in [5.41, 5.74) is 21.8. The molecule has 2 nitrogen and oxygen atoms in total. The van der Waals surface area contributed by atoms with Crippen LogP contribution >= 0.6 is 0 Å². The second kappa shape index (κ2) is 16.1. The summed E-state index contributed by atoms with van der Waals surface area (Å²) in [7, 11) is 0. The lowest BCUT2D eigenvalue weighted by atomic mass is 9.65. The van der Waals surface area contributed by atoms with Gasteiger partial charge in [0, 0.05) is 38.7 Å². The van der Waals surface area contributed by atoms with E-state index < -0.39 is 10.8 Å². The van der Waals surface area contributed by atoms with Gasteiger partial charge in [-0.2, -0.15) is 0 Å². The van der Waals surface area contributed by atoms with Crippen molar-refractivity contribution >= 4 is 38.6 Å². The van der Waals surface area contributed by atoms with E-state index in [0.717, 1.165) is 50.5 Å². The maximum Gasteiger partial charge on any atom is 0.140 e. The zero-order chi connectivity index (χ0) is 49.1. The van der Waals surface area contributed by atoms with Gasteiger partial charge in [0.2, 0.25) is 0 Å². The molecule has 0 fully saturated rings. The number of nitrogens with zero attached hydrogens (tertiary/aromatic N) is 1. The van der Waals surface area contributed by atoms with E-state index in [0.29, 0.717) is 0 Å². The van der Waals surface area contributed by atoms with Gasteiger partial charge in [-0.25, -0.2) is 0 Å². The lowest BCUT2D eigenvalue weighted by molar-refractivity contribution is 0.447. The Bertz CT molecular complexity index is 4120. The molecule has 0 saturated carbocycles. The van der Waals surface area contributed by atoms with Crippen molar-refractivity contribution in [2.24, 2.45) is 0 Å². The highest BCUT2D eigenvalue weighted by molar-refractivity contribution is 6.03. The topological polar surface area (TPSA) is 12.5 Å². The molecule has 0 atom stereocenters. The molecular formula is C72H49NO. The number of para-hydroxylation sites is 2. The number of hydrogen-bond acceptors (Lipinski definition) is 2. The van der Waals surface area contributed by atoms with Crippen LogP contribution in [0.4, 0.5) is 17.1 Å². The van der Waals surface area contributed by atoms with Crippen LogP contribution in [0.5, 0.6) is 11.5 Å². The zero-order valence-electron chi connectivity index (χ0n) is 41.2. The number of hydrogen-bond donors (Lipinski definition) is 0. The van der Waals surface area contributed by atoms with Crippen LogP contribution in [0.15, 0.2) is 261 Å². The highest BCUT2D eigenvalue weighted by atomic mass is 16.5. The molecule has 0 radical (unpaired) electrons. The Morgan fingerprint density at radius 3 is 1.45 bits per heavy atom. The maximum atomic E-state index is 7.33. The monoisotopic (exact) mass is 943 g/mol. The SMILES string of the molecule is Cc1ccc2c3c(ccc2c1)C1(c2ccccc2-c2cc(-c4ccccc4N(c4ccccc4)c4cccc5c4-c4ccccc4C5(c4ccccc4)c4ccccc4)ccc21)c1ccc2cc(C)ccc2c1O3. The molecule has 1 spiro atoms. The number of fused-ring (bicyclic) bond motifs is 16. The molecule has 0 unspecified atom stereocenters. The summed E-state index contributed by atoms with van der Waals surface area (Å²) >= 11 is 0. The van der Waals surface area contributed by atoms with E-state index in [-0.39, 0.29) is 0 Å². The zero-order valence-corrected chi connectivity index (χ0v) is 41.2. The number of aryl methyl sites for hydroxylation is 2. The molecule has 0 amide bonds. The van der Waals surface area contributed by atoms with Gasteiger partial charge in [0.25, 0.3) is 0 Å². The summed E-state index contributed by atoms with van der Waals surface area (Å²) in [4.78, 5) is 2.50. The normalized spacial score (nSPS) is 13.9. The minimum absolute atomic E-state index is 0.534. The number of anilines is 3. The van der Waals surface area contributed by atoms with Gasteiger partial charge >= 0.3 is 0 Å². The molecule has 1 heterocycles. The lowest BCUT2D eigenvalue weighted by Crippen LogP contribution is -2.32. The third kappa shape index (κ3) is 5.82. The predicted octanol–water partition coefficient (Wildman–Crippen LogP) is 18.6. The molecule has 0 saturated heterocycles. The standard InChI is InChI=1S/C72H49NO/c1-46-33-38-55-48(43-46)36-41-64-69(55)74-70-56-39-34-47(2)44-49(56)37-42-65(70)72(64)60-28-15-12-26-57(60)59-45-50(35-40-62(59)72)54-25-14-17-31-66(54)73(53-23-10-5-11-24-53)67-32-18-30-63-68(67)58-27-13-16-29-61(58)71(63,51-19-6-3-7-20-51)52-21-8-4-9-22-52/h3-45H,1-2H3. The molecule has 2 aliphatic carbocycles. The van der Waals surface area contributed by atoms with Crippen LogP contribution in [0, 0.1) is 13.8 Å². The molecule has 0 N–H and O–H groups in total. The Labute approximate surface area is 432 Å². The van der Waals surface area contributed by atoms with E-state index in [1.165, 1.54) is 88.7 Å². The van der Waals surface area contributed by atoms with Gasteiger partial charge in [-0.15, -0.1) is 0 Å². The van der Waals surface area contributed by atoms with Gasteiger partial charge < -0.3 is 9.64 Å². The molecule has 3 aliphatic rings. The Hall–Kier alpha value is -9.24. The Morgan fingerprint density at radius 2 is 0.811 bits per heavy atom. The number of rotatable bonds is 6. The van der Waals surface area contributed by atoms with Crippen LogP contribution in [0.2, 0.25) is 0 Å². The van der Waals surface area contributed by atoms with E-state index in [9.17, 15) is 0 Å². The molecule has 12 aromatic carbocycles. The number of benzene rings is 12. The smallest absolute Gasteiger partial charge is 0.140 e. The van der Waals surface area contributed by atoms with Gasteiger partial charge in [0.1, 0.15) is 11.5 Å². The maximum absolute atomic E-state index is 7.33. The van der Waals surface area contributed by atoms with Gasteiger partial charge in [0.15, 0.2) is 0 Å². The van der Waals surface area contributed by atoms with E-state index in [2.05, 4.69) is 280 Å². The first kappa shape index (κ1) is 42.4. The summed E-state index contributed by atoms with van der Waals surface area (Å²) in [6, 6.07) is 97.2. The molecule has 15 rings (SSSR count). The molecule has 0 aromatic heterocycles. The summed E-state index contributed by atoms with van der Waals surface area (Å²) in [5.74, 6) is 1.86. The van der Waals surface area contributed by atoms with Crippen LogP contribution in [0.1, 0.15) is 55.6 Å². The Kier molecular flexibility index (Phi) is 9.25. The molecule has 2 heteroatoms. The van der Waals surface area contributed by atoms with Crippen LogP contribution in [-0.2, 0) is 10.8 Å². The lowest BCUT2D eigenvalue weighted by Gasteiger charge is -2.40. The van der Waals surface area contributed by atoms with Crippen LogP contribution in [0.25, 0.3) is 54.9 Å². The second-order valence-corrected chi connectivity index (χ2v) is 20.4. The molecule has 348 valence electrons. The fourth-order valence-corrected chi connectivity index (χ4v) is 13.5. The van der Waals surface area contributed by atoms with Crippen LogP contribution in [-0.4, -0.2) is 0 Å². The van der Waals surface area contributed by atoms with Gasteiger partial charge in [-0.1, -0.05) is 242 Å². The van der Waals surface area contributed by atoms with Crippen molar-refractivity contribution in [1.29, 1.82) is 0 Å². The van der Waals surface area contributed by atoms with Crippen molar-refractivity contribution in [3.8, 4) is 44.9 Å². The van der Waals surface area contributed by atoms with Crippen molar-refractivity contribution in [1.82, 2.24) is 0 Å². The first-order chi connectivity index (χ1) is 36.5. The third-order valence-electron chi connectivity index (χ3n) is 16.5. The largest absolute Gasteiger partial charge is 0.455 e. The van der Waals surface area contributed by atoms with Crippen molar-refractivity contribution < 1.29 is 4.74 Å². The summed E-state index contributed by atoms with van der Waals surface area (Å²) in [5, 5.41) is 4.61. The van der Waals surface area contributed by atoms with E-state index in [1.54, 1.807) is 0 Å². The Morgan fingerprint density at radius 1 is 0.324 bits per heavy atom. The van der Waals surface area contributed by atoms with Crippen LogP contribution < -0.4 is 9.64 Å². The third-order valence-corrected chi connectivity index (χ3v) is 16.5. The summed E-state index contributed by atoms with van der Waals surface area (Å²) in [6.07, 6.45) is 0. The molecule has 0 bridgehead atoms. The molecule has 1 aliphatic heterocycles. The molecule has 74 heavy (non-hydrogen) atoms. The number of ether oxygens (including phenoxy) is 1. The van der Waals surface area contributed by atoms with Crippen molar-refractivity contribution in [2.45, 2.75) is 24.7 Å².